The summed E-state index contributed by atoms with van der Waals surface area (Å²) in [5.41, 5.74) is -4.92. The molecule has 5 saturated carbocycles. The van der Waals surface area contributed by atoms with Crippen molar-refractivity contribution in [2.24, 2.45) is 34.5 Å². The number of nitrogens with zero attached hydrogens (tertiary/aromatic N) is 1. The van der Waals surface area contributed by atoms with E-state index in [0.717, 1.165) is 0 Å². The number of ether oxygens (including phenoxy) is 7. The van der Waals surface area contributed by atoms with Crippen LogP contribution in [0.4, 0.5) is 0 Å². The lowest BCUT2D eigenvalue weighted by atomic mass is 9.42. The highest BCUT2D eigenvalue weighted by atomic mass is 16.6. The van der Waals surface area contributed by atoms with E-state index in [-0.39, 0.29) is 24.6 Å². The zero-order valence-corrected chi connectivity index (χ0v) is 29.2. The second-order valence-corrected chi connectivity index (χ2v) is 15.0. The summed E-state index contributed by atoms with van der Waals surface area (Å²) in [7, 11) is 6.25. The average molecular weight is 688 g/mol. The maximum absolute atomic E-state index is 13.8. The van der Waals surface area contributed by atoms with Gasteiger partial charge in [0, 0.05) is 89.9 Å². The van der Waals surface area contributed by atoms with Gasteiger partial charge in [-0.05, 0) is 31.0 Å². The number of hydrogen-bond acceptors (Lipinski definition) is 13. The van der Waals surface area contributed by atoms with Crippen LogP contribution in [0.25, 0.3) is 0 Å². The smallest absolute Gasteiger partial charge is 0.338 e. The Balaban J connectivity index is 1.53. The quantitative estimate of drug-likeness (QED) is 0.267. The molecule has 1 aliphatic heterocycles. The number of hydrogen-bond donors (Lipinski definition) is 2. The highest BCUT2D eigenvalue weighted by Crippen LogP contribution is 2.80. The Morgan fingerprint density at radius 2 is 1.63 bits per heavy atom. The molecular formula is C36H49NO12. The van der Waals surface area contributed by atoms with Gasteiger partial charge in [0.25, 0.3) is 0 Å². The van der Waals surface area contributed by atoms with Crippen LogP contribution in [0.3, 0.4) is 0 Å². The van der Waals surface area contributed by atoms with E-state index in [1.165, 1.54) is 21.0 Å². The molecule has 6 aliphatic rings. The van der Waals surface area contributed by atoms with Gasteiger partial charge in [-0.15, -0.1) is 0 Å². The minimum absolute atomic E-state index is 0.0534. The highest BCUT2D eigenvalue weighted by molar-refractivity contribution is 5.89. The van der Waals surface area contributed by atoms with Crippen LogP contribution >= 0.6 is 0 Å². The summed E-state index contributed by atoms with van der Waals surface area (Å²) in [6.45, 7) is 5.99. The first-order chi connectivity index (χ1) is 23.4. The second kappa shape index (κ2) is 12.0. The lowest BCUT2D eigenvalue weighted by molar-refractivity contribution is -0.322. The van der Waals surface area contributed by atoms with Gasteiger partial charge in [-0.3, -0.25) is 14.5 Å². The zero-order chi connectivity index (χ0) is 35.3. The van der Waals surface area contributed by atoms with Crippen LogP contribution in [-0.2, 0) is 42.7 Å². The summed E-state index contributed by atoms with van der Waals surface area (Å²) >= 11 is 0. The fourth-order valence-electron chi connectivity index (χ4n) is 12.7. The van der Waals surface area contributed by atoms with Crippen molar-refractivity contribution in [3.8, 4) is 0 Å². The second-order valence-electron chi connectivity index (χ2n) is 15.0. The fourth-order valence-corrected chi connectivity index (χ4v) is 12.7. The highest BCUT2D eigenvalue weighted by Gasteiger charge is 2.92. The van der Waals surface area contributed by atoms with E-state index in [4.69, 9.17) is 33.2 Å². The third-order valence-corrected chi connectivity index (χ3v) is 13.4. The van der Waals surface area contributed by atoms with Crippen molar-refractivity contribution in [3.05, 3.63) is 35.9 Å². The zero-order valence-electron chi connectivity index (χ0n) is 29.2. The molecule has 13 nitrogen and oxygen atoms in total. The molecule has 5 aliphatic carbocycles. The fraction of sp³-hybridized carbons (Fsp3) is 0.750. The number of carbonyl (C=O) groups is 3. The standard InChI is InChI=1S/C36H49NO12/c1-8-37-16-33(17-43-4)22(47-18(2)38)14-23(44-5)35-21-15-34(42)30(48-32(41)20-12-10-9-11-13-20)24(21)36(49-19(3)39,29(40)31(34)46-7)25(28(35)37)26(45-6)27(33)35/h9-13,21-31,40,42H,8,14-17H2,1-7H3/t21?,22-,23+,24?,25+,26+,27?,28?,29+,30-,31+,33+,34+,35+,36-/m1/s1. The van der Waals surface area contributed by atoms with Crippen LogP contribution in [0.5, 0.6) is 0 Å². The molecule has 0 aromatic heterocycles. The van der Waals surface area contributed by atoms with Crippen molar-refractivity contribution in [3.63, 3.8) is 0 Å². The summed E-state index contributed by atoms with van der Waals surface area (Å²) in [5.74, 6) is -4.24. The third-order valence-electron chi connectivity index (χ3n) is 13.4. The van der Waals surface area contributed by atoms with Gasteiger partial charge in [0.05, 0.1) is 24.4 Å². The Bertz CT molecular complexity index is 1480. The van der Waals surface area contributed by atoms with Crippen molar-refractivity contribution >= 4 is 17.9 Å². The Morgan fingerprint density at radius 3 is 2.20 bits per heavy atom. The van der Waals surface area contributed by atoms with E-state index in [1.54, 1.807) is 51.7 Å². The molecule has 7 rings (SSSR count). The summed E-state index contributed by atoms with van der Waals surface area (Å²) in [6.07, 6.45) is -5.45. The molecule has 0 radical (unpaired) electrons. The molecule has 1 aromatic rings. The van der Waals surface area contributed by atoms with Crippen LogP contribution in [0.1, 0.15) is 44.0 Å². The van der Waals surface area contributed by atoms with Crippen molar-refractivity contribution in [1.29, 1.82) is 0 Å². The summed E-state index contributed by atoms with van der Waals surface area (Å²) < 4.78 is 43.9. The van der Waals surface area contributed by atoms with Gasteiger partial charge in [0.2, 0.25) is 0 Å². The first kappa shape index (κ1) is 34.8. The Kier molecular flexibility index (Phi) is 8.49. The van der Waals surface area contributed by atoms with Crippen LogP contribution in [0.15, 0.2) is 30.3 Å². The Hall–Kier alpha value is -2.65. The average Bonchev–Trinajstić information content (AvgIpc) is 3.44. The van der Waals surface area contributed by atoms with E-state index in [1.807, 2.05) is 6.92 Å². The molecule has 0 amide bonds. The number of rotatable bonds is 10. The van der Waals surface area contributed by atoms with E-state index in [9.17, 15) is 24.6 Å². The number of esters is 3. The Labute approximate surface area is 286 Å². The molecule has 2 N–H and O–H groups in total. The molecule has 15 atom stereocenters. The van der Waals surface area contributed by atoms with Crippen molar-refractivity contribution in [2.45, 2.75) is 87.5 Å². The monoisotopic (exact) mass is 687 g/mol. The number of carbonyl (C=O) groups excluding carboxylic acids is 3. The number of benzene rings is 1. The number of aliphatic hydroxyl groups is 2. The SMILES string of the molecule is CCN1C[C@@]2(COC)C3[C@@H](OC)[C@H]4C1[C@@]3(C1C[C@]3(O)[C@H](OC(=O)c5ccccc5)C1[C@]4(OC(C)=O)[C@@H](O)[C@@H]3OC)[C@@H](OC)C[C@H]2OC(C)=O. The van der Waals surface area contributed by atoms with Gasteiger partial charge in [-0.1, -0.05) is 25.1 Å². The number of fused-ring (bicyclic) bond motifs is 2. The topological polar surface area (TPSA) is 160 Å². The molecule has 270 valence electrons. The molecular weight excluding hydrogens is 638 g/mol. The van der Waals surface area contributed by atoms with Gasteiger partial charge < -0.3 is 43.4 Å². The van der Waals surface area contributed by atoms with Crippen LogP contribution in [0.2, 0.25) is 0 Å². The van der Waals surface area contributed by atoms with E-state index < -0.39 is 100 Å². The summed E-state index contributed by atoms with van der Waals surface area (Å²) in [4.78, 5) is 42.2. The van der Waals surface area contributed by atoms with Crippen molar-refractivity contribution in [2.75, 3.05) is 48.1 Å². The van der Waals surface area contributed by atoms with Crippen LogP contribution in [0, 0.1) is 34.5 Å². The maximum Gasteiger partial charge on any atom is 0.338 e. The van der Waals surface area contributed by atoms with Crippen molar-refractivity contribution < 1.29 is 57.8 Å². The summed E-state index contributed by atoms with van der Waals surface area (Å²) in [6, 6.07) is 8.12. The van der Waals surface area contributed by atoms with E-state index in [0.29, 0.717) is 19.5 Å². The third kappa shape index (κ3) is 4.21. The predicted octanol–water partition coefficient (Wildman–Crippen LogP) is 1.22. The minimum atomic E-state index is -1.86. The molecule has 7 bridgehead atoms. The van der Waals surface area contributed by atoms with Gasteiger partial charge in [0.15, 0.2) is 5.60 Å². The van der Waals surface area contributed by atoms with Crippen LogP contribution < -0.4 is 0 Å². The molecule has 6 fully saturated rings. The van der Waals surface area contributed by atoms with Gasteiger partial charge in [-0.25, -0.2) is 4.79 Å². The molecule has 1 aromatic carbocycles. The number of likely N-dealkylation sites (tertiary alicyclic amines) is 1. The predicted molar refractivity (Wildman–Crippen MR) is 170 cm³/mol. The molecule has 13 heteroatoms. The maximum atomic E-state index is 13.8. The normalized spacial score (nSPS) is 47.4. The van der Waals surface area contributed by atoms with Gasteiger partial charge in [-0.2, -0.15) is 0 Å². The molecule has 4 unspecified atom stereocenters. The molecule has 49 heavy (non-hydrogen) atoms. The molecule has 1 saturated heterocycles. The van der Waals surface area contributed by atoms with Crippen molar-refractivity contribution in [1.82, 2.24) is 4.90 Å². The lowest BCUT2D eigenvalue weighted by Gasteiger charge is -2.70. The van der Waals surface area contributed by atoms with Gasteiger partial charge in [0.1, 0.15) is 30.0 Å². The van der Waals surface area contributed by atoms with E-state index in [2.05, 4.69) is 4.90 Å². The minimum Gasteiger partial charge on any atom is -0.462 e. The van der Waals surface area contributed by atoms with E-state index >= 15 is 0 Å². The number of methoxy groups -OCH3 is 4. The Morgan fingerprint density at radius 1 is 0.918 bits per heavy atom. The number of piperidine rings is 1. The van der Waals surface area contributed by atoms with Crippen LogP contribution in [-0.4, -0.2) is 135 Å². The molecule has 1 heterocycles. The number of aliphatic hydroxyl groups excluding tert-OH is 1. The molecule has 1 spiro atoms. The lowest BCUT2D eigenvalue weighted by Crippen LogP contribution is -2.81. The first-order valence-corrected chi connectivity index (χ1v) is 17.2. The first-order valence-electron chi connectivity index (χ1n) is 17.2. The summed E-state index contributed by atoms with van der Waals surface area (Å²) in [5, 5.41) is 25.5. The van der Waals surface area contributed by atoms with Gasteiger partial charge >= 0.3 is 17.9 Å². The largest absolute Gasteiger partial charge is 0.462 e.